The second-order valence-corrected chi connectivity index (χ2v) is 7.53. The molecule has 0 spiro atoms. The van der Waals surface area contributed by atoms with E-state index in [1.54, 1.807) is 24.1 Å². The summed E-state index contributed by atoms with van der Waals surface area (Å²) in [6.45, 7) is 1.91. The zero-order chi connectivity index (χ0) is 19.5. The van der Waals surface area contributed by atoms with Crippen LogP contribution in [0.15, 0.2) is 47.1 Å². The average Bonchev–Trinajstić information content (AvgIpc) is 3.45. The fourth-order valence-corrected chi connectivity index (χ4v) is 4.36. The van der Waals surface area contributed by atoms with Crippen LogP contribution in [0, 0.1) is 5.92 Å². The first-order chi connectivity index (χ1) is 13.7. The van der Waals surface area contributed by atoms with Crippen LogP contribution >= 0.6 is 0 Å². The highest BCUT2D eigenvalue weighted by Crippen LogP contribution is 2.35. The Bertz CT molecular complexity index is 816. The molecule has 0 saturated carbocycles. The lowest BCUT2D eigenvalue weighted by atomic mass is 9.95. The van der Waals surface area contributed by atoms with Crippen LogP contribution in [0.1, 0.15) is 47.8 Å². The van der Waals surface area contributed by atoms with Crippen molar-refractivity contribution in [1.29, 1.82) is 0 Å². The number of benzene rings is 1. The van der Waals surface area contributed by atoms with E-state index >= 15 is 0 Å². The molecule has 0 unspecified atom stereocenters. The highest BCUT2D eigenvalue weighted by molar-refractivity contribution is 5.92. The minimum absolute atomic E-state index is 0.106. The maximum absolute atomic E-state index is 13.3. The fraction of sp³-hybridized carbons (Fsp3) is 0.455. The van der Waals surface area contributed by atoms with Crippen molar-refractivity contribution in [2.24, 2.45) is 5.92 Å². The van der Waals surface area contributed by atoms with Gasteiger partial charge in [0.25, 0.3) is 5.91 Å². The van der Waals surface area contributed by atoms with E-state index in [4.69, 9.17) is 9.15 Å². The van der Waals surface area contributed by atoms with Gasteiger partial charge in [-0.25, -0.2) is 0 Å². The lowest BCUT2D eigenvalue weighted by Crippen LogP contribution is -2.46. The molecule has 0 N–H and O–H groups in total. The molecule has 0 aliphatic carbocycles. The van der Waals surface area contributed by atoms with Crippen LogP contribution in [-0.4, -0.2) is 48.4 Å². The second-order valence-electron chi connectivity index (χ2n) is 7.53. The molecule has 2 aliphatic rings. The third kappa shape index (κ3) is 3.63. The monoisotopic (exact) mass is 382 g/mol. The molecule has 28 heavy (non-hydrogen) atoms. The Morgan fingerprint density at radius 1 is 1.07 bits per heavy atom. The predicted octanol–water partition coefficient (Wildman–Crippen LogP) is 3.50. The van der Waals surface area contributed by atoms with Crippen LogP contribution in [0.3, 0.4) is 0 Å². The molecule has 2 aromatic rings. The zero-order valence-corrected chi connectivity index (χ0v) is 16.2. The summed E-state index contributed by atoms with van der Waals surface area (Å²) in [5.41, 5.74) is 1.14. The van der Waals surface area contributed by atoms with E-state index < -0.39 is 0 Å². The zero-order valence-electron chi connectivity index (χ0n) is 16.2. The van der Waals surface area contributed by atoms with Crippen molar-refractivity contribution in [3.8, 4) is 5.75 Å². The largest absolute Gasteiger partial charge is 0.497 e. The highest BCUT2D eigenvalue weighted by atomic mass is 16.5. The number of piperidine rings is 1. The second kappa shape index (κ2) is 8.09. The van der Waals surface area contributed by atoms with Gasteiger partial charge in [0.1, 0.15) is 5.75 Å². The number of nitrogens with zero attached hydrogens (tertiary/aromatic N) is 2. The number of carbonyl (C=O) groups excluding carboxylic acids is 2. The summed E-state index contributed by atoms with van der Waals surface area (Å²) in [4.78, 5) is 29.7. The van der Waals surface area contributed by atoms with Crippen molar-refractivity contribution in [3.63, 3.8) is 0 Å². The fourth-order valence-electron chi connectivity index (χ4n) is 4.36. The Morgan fingerprint density at radius 2 is 1.86 bits per heavy atom. The Hall–Kier alpha value is -2.76. The number of ether oxygens (including phenoxy) is 1. The third-order valence-electron chi connectivity index (χ3n) is 5.83. The van der Waals surface area contributed by atoms with Crippen molar-refractivity contribution in [2.45, 2.75) is 31.7 Å². The summed E-state index contributed by atoms with van der Waals surface area (Å²) < 4.78 is 10.5. The average molecular weight is 382 g/mol. The van der Waals surface area contributed by atoms with E-state index in [-0.39, 0.29) is 23.8 Å². The summed E-state index contributed by atoms with van der Waals surface area (Å²) in [6, 6.07) is 11.5. The van der Waals surface area contributed by atoms with E-state index in [0.717, 1.165) is 43.5 Å². The molecule has 2 fully saturated rings. The van der Waals surface area contributed by atoms with Gasteiger partial charge in [-0.2, -0.15) is 0 Å². The molecule has 2 atom stereocenters. The van der Waals surface area contributed by atoms with Gasteiger partial charge in [0, 0.05) is 19.6 Å². The summed E-state index contributed by atoms with van der Waals surface area (Å²) in [7, 11) is 1.65. The van der Waals surface area contributed by atoms with Crippen molar-refractivity contribution in [3.05, 3.63) is 54.0 Å². The molecular formula is C22H26N2O4. The number of furan rings is 1. The number of hydrogen-bond donors (Lipinski definition) is 0. The van der Waals surface area contributed by atoms with Gasteiger partial charge in [0.05, 0.1) is 25.3 Å². The minimum atomic E-state index is -0.147. The quantitative estimate of drug-likeness (QED) is 0.812. The predicted molar refractivity (Wildman–Crippen MR) is 104 cm³/mol. The smallest absolute Gasteiger partial charge is 0.289 e. The Balaban J connectivity index is 1.45. The first-order valence-corrected chi connectivity index (χ1v) is 9.94. The van der Waals surface area contributed by atoms with Crippen LogP contribution < -0.4 is 4.74 Å². The summed E-state index contributed by atoms with van der Waals surface area (Å²) in [5.74, 6) is 1.04. The molecule has 2 amide bonds. The highest BCUT2D eigenvalue weighted by Gasteiger charge is 2.37. The van der Waals surface area contributed by atoms with E-state index in [1.807, 2.05) is 29.2 Å². The van der Waals surface area contributed by atoms with Crippen molar-refractivity contribution in [2.75, 3.05) is 26.7 Å². The molecular weight excluding hydrogens is 356 g/mol. The summed E-state index contributed by atoms with van der Waals surface area (Å²) in [6.07, 6.45) is 5.14. The summed E-state index contributed by atoms with van der Waals surface area (Å²) in [5, 5.41) is 0. The van der Waals surface area contributed by atoms with Gasteiger partial charge in [0.15, 0.2) is 5.76 Å². The van der Waals surface area contributed by atoms with Gasteiger partial charge in [-0.15, -0.1) is 0 Å². The Morgan fingerprint density at radius 3 is 2.57 bits per heavy atom. The number of amides is 2. The maximum atomic E-state index is 13.3. The Kier molecular flexibility index (Phi) is 5.37. The van der Waals surface area contributed by atoms with Gasteiger partial charge in [0.2, 0.25) is 5.91 Å². The third-order valence-corrected chi connectivity index (χ3v) is 5.83. The van der Waals surface area contributed by atoms with Gasteiger partial charge in [-0.05, 0) is 55.5 Å². The van der Waals surface area contributed by atoms with Crippen molar-refractivity contribution >= 4 is 11.8 Å². The molecule has 0 radical (unpaired) electrons. The lowest BCUT2D eigenvalue weighted by Gasteiger charge is -2.35. The molecule has 1 aromatic carbocycles. The number of rotatable bonds is 4. The first kappa shape index (κ1) is 18.6. The van der Waals surface area contributed by atoms with Crippen LogP contribution in [-0.2, 0) is 4.79 Å². The minimum Gasteiger partial charge on any atom is -0.497 e. The van der Waals surface area contributed by atoms with E-state index in [2.05, 4.69) is 0 Å². The molecule has 4 rings (SSSR count). The molecule has 0 bridgehead atoms. The first-order valence-electron chi connectivity index (χ1n) is 9.94. The number of methoxy groups -OCH3 is 1. The molecule has 148 valence electrons. The molecule has 6 nitrogen and oxygen atoms in total. The molecule has 3 heterocycles. The van der Waals surface area contributed by atoms with Crippen LogP contribution in [0.25, 0.3) is 0 Å². The van der Waals surface area contributed by atoms with Crippen LogP contribution in [0.2, 0.25) is 0 Å². The molecule has 6 heteroatoms. The molecule has 2 saturated heterocycles. The van der Waals surface area contributed by atoms with E-state index in [1.165, 1.54) is 6.26 Å². The number of carbonyl (C=O) groups is 2. The standard InChI is InChI=1S/C22H26N2O4/c1-27-18-10-8-16(9-11-18)19-6-3-13-24(19)21(25)17-5-2-12-23(15-17)22(26)20-7-4-14-28-20/h4,7-11,14,17,19H,2-3,5-6,12-13,15H2,1H3/t17-,19+/m1/s1. The van der Waals surface area contributed by atoms with Gasteiger partial charge < -0.3 is 19.0 Å². The molecule has 2 aliphatic heterocycles. The van der Waals surface area contributed by atoms with Crippen molar-refractivity contribution in [1.82, 2.24) is 9.80 Å². The van der Waals surface area contributed by atoms with Gasteiger partial charge >= 0.3 is 0 Å². The van der Waals surface area contributed by atoms with E-state index in [0.29, 0.717) is 18.8 Å². The number of hydrogen-bond acceptors (Lipinski definition) is 4. The van der Waals surface area contributed by atoms with E-state index in [9.17, 15) is 9.59 Å². The van der Waals surface area contributed by atoms with Crippen LogP contribution in [0.5, 0.6) is 5.75 Å². The van der Waals surface area contributed by atoms with Gasteiger partial charge in [-0.3, -0.25) is 9.59 Å². The SMILES string of the molecule is COc1ccc([C@@H]2CCCN2C(=O)[C@@H]2CCCN(C(=O)c3ccco3)C2)cc1. The normalized spacial score (nSPS) is 22.3. The lowest BCUT2D eigenvalue weighted by molar-refractivity contribution is -0.138. The molecule has 1 aromatic heterocycles. The maximum Gasteiger partial charge on any atom is 0.289 e. The van der Waals surface area contributed by atoms with Crippen molar-refractivity contribution < 1.29 is 18.7 Å². The number of likely N-dealkylation sites (tertiary alicyclic amines) is 2. The topological polar surface area (TPSA) is 63.0 Å². The van der Waals surface area contributed by atoms with Gasteiger partial charge in [-0.1, -0.05) is 12.1 Å². The van der Waals surface area contributed by atoms with Crippen LogP contribution in [0.4, 0.5) is 0 Å². The summed E-state index contributed by atoms with van der Waals surface area (Å²) >= 11 is 0. The Labute approximate surface area is 165 Å².